The Morgan fingerprint density at radius 2 is 1.45 bits per heavy atom. The number of para-hydroxylation sites is 2. The Kier molecular flexibility index (Phi) is 2.23. The monoisotopic (exact) mass is 261 g/mol. The molecule has 0 spiro atoms. The van der Waals surface area contributed by atoms with Crippen molar-refractivity contribution >= 4 is 16.8 Å². The van der Waals surface area contributed by atoms with Crippen molar-refractivity contribution in [1.82, 2.24) is 4.98 Å². The van der Waals surface area contributed by atoms with Crippen LogP contribution in [0.25, 0.3) is 16.8 Å². The number of rotatable bonds is 1. The van der Waals surface area contributed by atoms with Gasteiger partial charge in [0.15, 0.2) is 11.7 Å². The summed E-state index contributed by atoms with van der Waals surface area (Å²) in [6.45, 7) is 0. The van der Waals surface area contributed by atoms with E-state index in [1.807, 2.05) is 54.6 Å². The summed E-state index contributed by atoms with van der Waals surface area (Å²) in [5.41, 5.74) is 0.813. The molecule has 0 saturated carbocycles. The first-order valence-corrected chi connectivity index (χ1v) is 6.35. The lowest BCUT2D eigenvalue weighted by molar-refractivity contribution is 0.462. The van der Waals surface area contributed by atoms with Crippen LogP contribution in [0.5, 0.6) is 5.88 Å². The summed E-state index contributed by atoms with van der Waals surface area (Å²) < 4.78 is 0. The zero-order chi connectivity index (χ0) is 13.5. The third kappa shape index (κ3) is 1.62. The quantitative estimate of drug-likeness (QED) is 0.692. The van der Waals surface area contributed by atoms with Crippen LogP contribution >= 0.6 is 0 Å². The van der Waals surface area contributed by atoms with Crippen LogP contribution in [0.15, 0.2) is 64.3 Å². The second-order valence-electron chi connectivity index (χ2n) is 4.65. The molecule has 0 amide bonds. The Morgan fingerprint density at radius 3 is 2.15 bits per heavy atom. The van der Waals surface area contributed by atoms with E-state index in [1.165, 1.54) is 0 Å². The highest BCUT2D eigenvalue weighted by Crippen LogP contribution is 2.28. The highest BCUT2D eigenvalue weighted by Gasteiger charge is 2.09. The van der Waals surface area contributed by atoms with Gasteiger partial charge in [-0.1, -0.05) is 30.3 Å². The Balaban J connectivity index is 1.91. The number of aromatic nitrogens is 1. The van der Waals surface area contributed by atoms with Gasteiger partial charge >= 0.3 is 0 Å². The lowest BCUT2D eigenvalue weighted by Crippen LogP contribution is -2.19. The summed E-state index contributed by atoms with van der Waals surface area (Å²) in [7, 11) is 0. The first-order valence-electron chi connectivity index (χ1n) is 6.35. The zero-order valence-electron chi connectivity index (χ0n) is 10.5. The second-order valence-corrected chi connectivity index (χ2v) is 4.65. The average Bonchev–Trinajstić information content (AvgIpc) is 3.01. The molecule has 4 heteroatoms. The Morgan fingerprint density at radius 1 is 0.850 bits per heavy atom. The third-order valence-corrected chi connectivity index (χ3v) is 3.35. The molecule has 2 heterocycles. The molecule has 0 bridgehead atoms. The molecule has 2 N–H and O–H groups in total. The molecule has 0 unspecified atom stereocenters. The molecular weight excluding hydrogens is 250 g/mol. The number of aromatic amines is 1. The number of nitrogens with one attached hydrogen (secondary N) is 1. The van der Waals surface area contributed by atoms with Crippen LogP contribution in [0.4, 0.5) is 0 Å². The lowest BCUT2D eigenvalue weighted by atomic mass is 10.2. The molecule has 2 aromatic carbocycles. The summed E-state index contributed by atoms with van der Waals surface area (Å²) in [6.07, 6.45) is 1.85. The molecule has 4 nitrogen and oxygen atoms in total. The maximum absolute atomic E-state index is 9.89. The molecule has 1 aliphatic heterocycles. The van der Waals surface area contributed by atoms with Gasteiger partial charge in [0, 0.05) is 16.8 Å². The number of aromatic hydroxyl groups is 1. The van der Waals surface area contributed by atoms with Crippen LogP contribution in [0.2, 0.25) is 0 Å². The molecule has 4 rings (SSSR count). The zero-order valence-corrected chi connectivity index (χ0v) is 10.5. The van der Waals surface area contributed by atoms with Crippen LogP contribution in [-0.4, -0.2) is 10.1 Å². The molecule has 1 aliphatic rings. The Bertz CT molecular complexity index is 930. The normalized spacial score (nSPS) is 12.9. The minimum absolute atomic E-state index is 0.169. The van der Waals surface area contributed by atoms with Crippen LogP contribution in [0, 0.1) is 0 Å². The van der Waals surface area contributed by atoms with Crippen molar-refractivity contribution in [1.29, 1.82) is 0 Å². The van der Waals surface area contributed by atoms with Crippen molar-refractivity contribution in [3.05, 3.63) is 70.8 Å². The summed E-state index contributed by atoms with van der Waals surface area (Å²) in [6, 6.07) is 15.4. The van der Waals surface area contributed by atoms with Gasteiger partial charge in [0.05, 0.1) is 16.4 Å². The van der Waals surface area contributed by atoms with Gasteiger partial charge in [-0.2, -0.15) is 0 Å². The molecule has 96 valence electrons. The molecule has 0 radical (unpaired) electrons. The predicted molar refractivity (Wildman–Crippen MR) is 76.7 cm³/mol. The number of fused-ring (bicyclic) bond motifs is 2. The third-order valence-electron chi connectivity index (χ3n) is 3.35. The fourth-order valence-electron chi connectivity index (χ4n) is 2.42. The number of benzene rings is 2. The van der Waals surface area contributed by atoms with E-state index in [0.29, 0.717) is 5.82 Å². The van der Waals surface area contributed by atoms with Crippen LogP contribution in [0.1, 0.15) is 5.69 Å². The standard InChI is InChI=1S/C16H11N3O/c20-16-11-6-2-1-5-10(11)14(19-16)9-15-17-12-7-3-4-8-13(12)18-15/h1-9,19-20H. The number of H-pyrrole nitrogens is 1. The SMILES string of the molecule is Oc1[nH]c(C=C2N=c3ccccc3=N2)c2ccccc12. The van der Waals surface area contributed by atoms with Gasteiger partial charge < -0.3 is 10.1 Å². The van der Waals surface area contributed by atoms with Crippen molar-refractivity contribution in [3.8, 4) is 5.88 Å². The Labute approximate surface area is 114 Å². The van der Waals surface area contributed by atoms with E-state index in [4.69, 9.17) is 0 Å². The maximum atomic E-state index is 9.89. The van der Waals surface area contributed by atoms with E-state index in [-0.39, 0.29) is 5.88 Å². The fraction of sp³-hybridized carbons (Fsp3) is 0. The van der Waals surface area contributed by atoms with E-state index < -0.39 is 0 Å². The van der Waals surface area contributed by atoms with Crippen LogP contribution in [-0.2, 0) is 0 Å². The second kappa shape index (κ2) is 4.06. The smallest absolute Gasteiger partial charge is 0.196 e. The molecular formula is C16H11N3O. The summed E-state index contributed by atoms with van der Waals surface area (Å²) in [4.78, 5) is 11.9. The van der Waals surface area contributed by atoms with Gasteiger partial charge in [0.2, 0.25) is 0 Å². The van der Waals surface area contributed by atoms with Gasteiger partial charge in [0.1, 0.15) is 0 Å². The first-order chi connectivity index (χ1) is 9.81. The molecule has 1 aromatic heterocycles. The first kappa shape index (κ1) is 11.0. The summed E-state index contributed by atoms with van der Waals surface area (Å²) >= 11 is 0. The Hall–Kier alpha value is -2.88. The molecule has 0 aliphatic carbocycles. The van der Waals surface area contributed by atoms with Crippen molar-refractivity contribution in [2.75, 3.05) is 0 Å². The molecule has 20 heavy (non-hydrogen) atoms. The van der Waals surface area contributed by atoms with E-state index in [0.717, 1.165) is 27.2 Å². The van der Waals surface area contributed by atoms with Crippen molar-refractivity contribution in [2.45, 2.75) is 0 Å². The number of nitrogens with zero attached hydrogens (tertiary/aromatic N) is 2. The molecule has 0 saturated heterocycles. The molecule has 0 atom stereocenters. The van der Waals surface area contributed by atoms with Gasteiger partial charge in [0.25, 0.3) is 0 Å². The maximum Gasteiger partial charge on any atom is 0.196 e. The fourth-order valence-corrected chi connectivity index (χ4v) is 2.42. The molecule has 3 aromatic rings. The van der Waals surface area contributed by atoms with Gasteiger partial charge in [-0.25, -0.2) is 9.98 Å². The van der Waals surface area contributed by atoms with E-state index in [9.17, 15) is 5.11 Å². The van der Waals surface area contributed by atoms with Gasteiger partial charge in [-0.05, 0) is 18.2 Å². The van der Waals surface area contributed by atoms with Crippen LogP contribution in [0.3, 0.4) is 0 Å². The predicted octanol–water partition coefficient (Wildman–Crippen LogP) is 2.12. The number of hydrogen-bond donors (Lipinski definition) is 2. The molecule has 0 fully saturated rings. The van der Waals surface area contributed by atoms with Gasteiger partial charge in [-0.3, -0.25) is 0 Å². The van der Waals surface area contributed by atoms with Crippen molar-refractivity contribution in [2.24, 2.45) is 9.98 Å². The van der Waals surface area contributed by atoms with Crippen molar-refractivity contribution in [3.63, 3.8) is 0 Å². The van der Waals surface area contributed by atoms with Crippen molar-refractivity contribution < 1.29 is 5.11 Å². The average molecular weight is 261 g/mol. The van der Waals surface area contributed by atoms with E-state index in [1.54, 1.807) is 0 Å². The van der Waals surface area contributed by atoms with Gasteiger partial charge in [-0.15, -0.1) is 0 Å². The van der Waals surface area contributed by atoms with E-state index in [2.05, 4.69) is 15.0 Å². The minimum atomic E-state index is 0.169. The highest BCUT2D eigenvalue weighted by molar-refractivity contribution is 5.94. The number of hydrogen-bond acceptors (Lipinski definition) is 3. The van der Waals surface area contributed by atoms with Crippen LogP contribution < -0.4 is 10.7 Å². The summed E-state index contributed by atoms with van der Waals surface area (Å²) in [5, 5.41) is 13.4. The van der Waals surface area contributed by atoms with E-state index >= 15 is 0 Å². The summed E-state index contributed by atoms with van der Waals surface area (Å²) in [5.74, 6) is 0.807. The highest BCUT2D eigenvalue weighted by atomic mass is 16.3. The topological polar surface area (TPSA) is 60.7 Å². The minimum Gasteiger partial charge on any atom is -0.494 e. The lowest BCUT2D eigenvalue weighted by Gasteiger charge is -1.91. The largest absolute Gasteiger partial charge is 0.494 e.